The fourth-order valence-electron chi connectivity index (χ4n) is 5.21. The van der Waals surface area contributed by atoms with Crippen LogP contribution in [0, 0.1) is 0 Å². The summed E-state index contributed by atoms with van der Waals surface area (Å²) in [4.78, 5) is 27.3. The fourth-order valence-corrected chi connectivity index (χ4v) is 5.81. The number of rotatable bonds is 7. The number of methoxy groups -OCH3 is 1. The van der Waals surface area contributed by atoms with Crippen molar-refractivity contribution in [3.8, 4) is 0 Å². The number of amides is 1. The molecule has 2 aliphatic heterocycles. The molecule has 3 heterocycles. The standard InChI is InChI=1S/C28H30Cl2F3N7O2/c1-16(28(31,32)33)19-11-17(7-8-23(19)39-10-9-34-18(13-39)14-42-3)36-27-35-12-20-25(37-27)38(2)15-40(26(20)41)24-21(29)5-4-6-22(24)30/h4-8,11-12,16,18,34H,9-10,13-15H2,1-3H3,(H,35,36,37). The second-order valence-electron chi connectivity index (χ2n) is 10.3. The van der Waals surface area contributed by atoms with Gasteiger partial charge in [0.05, 0.1) is 34.9 Å². The van der Waals surface area contributed by atoms with Gasteiger partial charge < -0.3 is 25.2 Å². The predicted octanol–water partition coefficient (Wildman–Crippen LogP) is 5.67. The van der Waals surface area contributed by atoms with Crippen LogP contribution in [0.15, 0.2) is 42.6 Å². The molecule has 0 radical (unpaired) electrons. The quantitative estimate of drug-likeness (QED) is 0.348. The number of nitrogens with zero attached hydrogens (tertiary/aromatic N) is 5. The molecule has 9 nitrogen and oxygen atoms in total. The van der Waals surface area contributed by atoms with Crippen molar-refractivity contribution in [2.24, 2.45) is 0 Å². The zero-order valence-corrected chi connectivity index (χ0v) is 24.7. The van der Waals surface area contributed by atoms with Crippen LogP contribution in [-0.2, 0) is 4.74 Å². The van der Waals surface area contributed by atoms with Crippen LogP contribution in [0.1, 0.15) is 28.8 Å². The average Bonchev–Trinajstić information content (AvgIpc) is 2.95. The van der Waals surface area contributed by atoms with Crippen LogP contribution in [-0.4, -0.2) is 75.2 Å². The number of hydrogen-bond acceptors (Lipinski definition) is 8. The zero-order chi connectivity index (χ0) is 30.2. The Morgan fingerprint density at radius 3 is 2.64 bits per heavy atom. The van der Waals surface area contributed by atoms with Gasteiger partial charge in [-0.25, -0.2) is 4.98 Å². The molecule has 1 fully saturated rings. The Labute approximate surface area is 251 Å². The summed E-state index contributed by atoms with van der Waals surface area (Å²) in [5.41, 5.74) is 1.67. The van der Waals surface area contributed by atoms with E-state index >= 15 is 0 Å². The summed E-state index contributed by atoms with van der Waals surface area (Å²) in [6, 6.07) is 9.87. The van der Waals surface area contributed by atoms with Crippen LogP contribution in [0.4, 0.5) is 42.0 Å². The highest BCUT2D eigenvalue weighted by Gasteiger charge is 2.39. The molecule has 0 bridgehead atoms. The number of anilines is 5. The van der Waals surface area contributed by atoms with Crippen molar-refractivity contribution in [2.45, 2.75) is 25.1 Å². The van der Waals surface area contributed by atoms with Crippen molar-refractivity contribution < 1.29 is 22.7 Å². The van der Waals surface area contributed by atoms with Gasteiger partial charge in [0.25, 0.3) is 5.91 Å². The summed E-state index contributed by atoms with van der Waals surface area (Å²) < 4.78 is 47.1. The number of carbonyl (C=O) groups excluding carboxylic acids is 1. The van der Waals surface area contributed by atoms with Crippen molar-refractivity contribution >= 4 is 57.9 Å². The third-order valence-electron chi connectivity index (χ3n) is 7.37. The summed E-state index contributed by atoms with van der Waals surface area (Å²) in [5, 5.41) is 7.01. The van der Waals surface area contributed by atoms with Crippen molar-refractivity contribution in [3.63, 3.8) is 0 Å². The smallest absolute Gasteiger partial charge is 0.383 e. The van der Waals surface area contributed by atoms with Gasteiger partial charge in [-0.05, 0) is 42.8 Å². The molecule has 1 amide bonds. The maximum atomic E-state index is 14.0. The number of piperazine rings is 1. The van der Waals surface area contributed by atoms with Crippen LogP contribution in [0.3, 0.4) is 0 Å². The molecule has 2 aliphatic rings. The first-order valence-electron chi connectivity index (χ1n) is 13.3. The van der Waals surface area contributed by atoms with Crippen molar-refractivity contribution in [1.29, 1.82) is 0 Å². The highest BCUT2D eigenvalue weighted by atomic mass is 35.5. The summed E-state index contributed by atoms with van der Waals surface area (Å²) >= 11 is 12.7. The molecule has 0 spiro atoms. The second-order valence-corrected chi connectivity index (χ2v) is 11.1. The van der Waals surface area contributed by atoms with Crippen molar-refractivity contribution in [1.82, 2.24) is 15.3 Å². The molecule has 0 aliphatic carbocycles. The lowest BCUT2D eigenvalue weighted by molar-refractivity contribution is -0.146. The van der Waals surface area contributed by atoms with Gasteiger partial charge >= 0.3 is 6.18 Å². The number of fused-ring (bicyclic) bond motifs is 1. The molecule has 5 rings (SSSR count). The van der Waals surface area contributed by atoms with Gasteiger partial charge in [0, 0.05) is 57.4 Å². The number of benzene rings is 2. The molecule has 2 aromatic carbocycles. The number of aromatic nitrogens is 2. The maximum Gasteiger partial charge on any atom is 0.395 e. The Morgan fingerprint density at radius 1 is 1.21 bits per heavy atom. The van der Waals surface area contributed by atoms with E-state index in [4.69, 9.17) is 27.9 Å². The molecule has 2 N–H and O–H groups in total. The highest BCUT2D eigenvalue weighted by Crippen LogP contribution is 2.41. The first-order valence-corrected chi connectivity index (χ1v) is 14.0. The van der Waals surface area contributed by atoms with Crippen LogP contribution in [0.5, 0.6) is 0 Å². The van der Waals surface area contributed by atoms with Gasteiger partial charge in [-0.2, -0.15) is 18.2 Å². The Kier molecular flexibility index (Phi) is 8.70. The van der Waals surface area contributed by atoms with E-state index in [1.807, 2.05) is 4.90 Å². The molecule has 0 saturated carbocycles. The summed E-state index contributed by atoms with van der Waals surface area (Å²) in [6.45, 7) is 3.45. The minimum absolute atomic E-state index is 0.00376. The lowest BCUT2D eigenvalue weighted by Gasteiger charge is -2.37. The summed E-state index contributed by atoms with van der Waals surface area (Å²) in [6.07, 6.45) is -3.06. The first-order chi connectivity index (χ1) is 20.0. The lowest BCUT2D eigenvalue weighted by Crippen LogP contribution is -2.53. The van der Waals surface area contributed by atoms with Crippen LogP contribution in [0.25, 0.3) is 0 Å². The molecule has 42 heavy (non-hydrogen) atoms. The van der Waals surface area contributed by atoms with E-state index in [0.717, 1.165) is 6.92 Å². The topological polar surface area (TPSA) is 85.9 Å². The van der Waals surface area contributed by atoms with Crippen molar-refractivity contribution in [2.75, 3.05) is 67.1 Å². The van der Waals surface area contributed by atoms with E-state index in [-0.39, 0.29) is 35.7 Å². The van der Waals surface area contributed by atoms with Crippen LogP contribution >= 0.6 is 23.2 Å². The highest BCUT2D eigenvalue weighted by molar-refractivity contribution is 6.40. The van der Waals surface area contributed by atoms with E-state index < -0.39 is 12.1 Å². The van der Waals surface area contributed by atoms with E-state index in [1.54, 1.807) is 49.4 Å². The Balaban J connectivity index is 1.43. The van der Waals surface area contributed by atoms with Crippen LogP contribution in [0.2, 0.25) is 10.0 Å². The zero-order valence-electron chi connectivity index (χ0n) is 23.2. The van der Waals surface area contributed by atoms with Crippen molar-refractivity contribution in [3.05, 3.63) is 63.8 Å². The van der Waals surface area contributed by atoms with Gasteiger partial charge in [0.2, 0.25) is 5.95 Å². The Hall–Kier alpha value is -3.32. The van der Waals surface area contributed by atoms with E-state index in [1.165, 1.54) is 17.2 Å². The normalized spacial score (nSPS) is 18.2. The van der Waals surface area contributed by atoms with Gasteiger partial charge in [-0.1, -0.05) is 29.3 Å². The number of halogens is 5. The molecule has 2 atom stereocenters. The number of nitrogens with one attached hydrogen (secondary N) is 2. The van der Waals surface area contributed by atoms with E-state index in [0.29, 0.717) is 59.2 Å². The van der Waals surface area contributed by atoms with Gasteiger partial charge in [-0.3, -0.25) is 9.69 Å². The van der Waals surface area contributed by atoms with Gasteiger partial charge in [0.1, 0.15) is 11.4 Å². The molecular formula is C28H30Cl2F3N7O2. The minimum Gasteiger partial charge on any atom is -0.383 e. The number of para-hydroxylation sites is 1. The summed E-state index contributed by atoms with van der Waals surface area (Å²) in [5.74, 6) is -1.58. The third-order valence-corrected chi connectivity index (χ3v) is 7.98. The fraction of sp³-hybridized carbons (Fsp3) is 0.393. The summed E-state index contributed by atoms with van der Waals surface area (Å²) in [7, 11) is 3.35. The molecule has 1 aromatic heterocycles. The number of hydrogen-bond donors (Lipinski definition) is 2. The number of alkyl halides is 3. The molecule has 224 valence electrons. The minimum atomic E-state index is -4.44. The van der Waals surface area contributed by atoms with Gasteiger partial charge in [-0.15, -0.1) is 0 Å². The Morgan fingerprint density at radius 2 is 1.95 bits per heavy atom. The Bertz CT molecular complexity index is 1450. The number of carbonyl (C=O) groups is 1. The average molecular weight is 624 g/mol. The molecule has 2 unspecified atom stereocenters. The van der Waals surface area contributed by atoms with E-state index in [9.17, 15) is 18.0 Å². The monoisotopic (exact) mass is 623 g/mol. The van der Waals surface area contributed by atoms with E-state index in [2.05, 4.69) is 20.6 Å². The lowest BCUT2D eigenvalue weighted by atomic mass is 9.96. The number of ether oxygens (including phenoxy) is 1. The largest absolute Gasteiger partial charge is 0.395 e. The van der Waals surface area contributed by atoms with Crippen LogP contribution < -0.4 is 25.3 Å². The maximum absolute atomic E-state index is 14.0. The predicted molar refractivity (Wildman–Crippen MR) is 159 cm³/mol. The van der Waals surface area contributed by atoms with Gasteiger partial charge in [0.15, 0.2) is 0 Å². The molecule has 3 aromatic rings. The molecule has 14 heteroatoms. The molecular weight excluding hydrogens is 594 g/mol. The third kappa shape index (κ3) is 6.07. The molecule has 1 saturated heterocycles. The SMILES string of the molecule is COCC1CN(c2ccc(Nc3ncc4c(n3)N(C)CN(c3c(Cl)cccc3Cl)C4=O)cc2C(C)C(F)(F)F)CCN1. The second kappa shape index (κ2) is 12.1. The first kappa shape index (κ1) is 30.1.